The number of anilines is 1. The lowest BCUT2D eigenvalue weighted by Crippen LogP contribution is -2.37. The average molecular weight is 663 g/mol. The van der Waals surface area contributed by atoms with Gasteiger partial charge in [-0.15, -0.1) is 8.80 Å². The normalized spacial score (nSPS) is 19.1. The SMILES string of the molecule is COC(=O)C1=C(C)NC(C)=C(C(=O)OC)C1c1cccc(NC2=NS(=O)N=C2NCCCN2CCC(c3cccc(OC)c3)CC2)c1. The number of dihydropyridines is 1. The van der Waals surface area contributed by atoms with Gasteiger partial charge >= 0.3 is 11.9 Å². The number of hydrogen-bond acceptors (Lipinski definition) is 10. The number of rotatable bonds is 10. The van der Waals surface area contributed by atoms with E-state index in [1.165, 1.54) is 19.8 Å². The molecule has 47 heavy (non-hydrogen) atoms. The van der Waals surface area contributed by atoms with Crippen LogP contribution in [0.25, 0.3) is 0 Å². The second-order valence-electron chi connectivity index (χ2n) is 11.7. The molecule has 0 spiro atoms. The van der Waals surface area contributed by atoms with Crippen molar-refractivity contribution in [1.82, 2.24) is 15.5 Å². The van der Waals surface area contributed by atoms with Crippen LogP contribution in [-0.2, 0) is 30.2 Å². The molecule has 13 heteroatoms. The molecule has 3 aliphatic rings. The molecule has 3 aliphatic heterocycles. The van der Waals surface area contributed by atoms with Crippen LogP contribution in [-0.4, -0.2) is 80.2 Å². The van der Waals surface area contributed by atoms with Gasteiger partial charge in [0.25, 0.3) is 11.2 Å². The second kappa shape index (κ2) is 15.4. The molecule has 1 atom stereocenters. The molecule has 0 saturated carbocycles. The molecule has 2 aromatic rings. The summed E-state index contributed by atoms with van der Waals surface area (Å²) in [5.41, 5.74) is 4.41. The molecule has 3 N–H and O–H groups in total. The van der Waals surface area contributed by atoms with Crippen LogP contribution in [0.5, 0.6) is 5.75 Å². The van der Waals surface area contributed by atoms with Crippen molar-refractivity contribution in [2.24, 2.45) is 8.80 Å². The molecule has 0 aromatic heterocycles. The van der Waals surface area contributed by atoms with Crippen LogP contribution >= 0.6 is 0 Å². The van der Waals surface area contributed by atoms with E-state index in [2.05, 4.69) is 47.8 Å². The summed E-state index contributed by atoms with van der Waals surface area (Å²) in [5, 5.41) is 9.63. The van der Waals surface area contributed by atoms with Crippen molar-refractivity contribution < 1.29 is 28.0 Å². The Morgan fingerprint density at radius 3 is 2.21 bits per heavy atom. The van der Waals surface area contributed by atoms with Gasteiger partial charge in [-0.2, -0.15) is 0 Å². The lowest BCUT2D eigenvalue weighted by Gasteiger charge is -2.32. The maximum atomic E-state index is 12.9. The number of piperidine rings is 1. The Labute approximate surface area is 278 Å². The number of allylic oxidation sites excluding steroid dienone is 2. The predicted molar refractivity (Wildman–Crippen MR) is 182 cm³/mol. The smallest absolute Gasteiger partial charge is 0.336 e. The number of methoxy groups -OCH3 is 3. The van der Waals surface area contributed by atoms with Crippen molar-refractivity contribution in [3.05, 3.63) is 82.2 Å². The molecular formula is C34H42N6O6S. The molecule has 1 unspecified atom stereocenters. The summed E-state index contributed by atoms with van der Waals surface area (Å²) >= 11 is -1.75. The summed E-state index contributed by atoms with van der Waals surface area (Å²) in [4.78, 5) is 28.3. The number of nitrogens with one attached hydrogen (secondary N) is 3. The number of hydrogen-bond donors (Lipinski definition) is 3. The zero-order valence-corrected chi connectivity index (χ0v) is 28.2. The van der Waals surface area contributed by atoms with Gasteiger partial charge in [-0.3, -0.25) is 0 Å². The number of ether oxygens (including phenoxy) is 3. The van der Waals surface area contributed by atoms with Crippen LogP contribution < -0.4 is 20.7 Å². The summed E-state index contributed by atoms with van der Waals surface area (Å²) in [6, 6.07) is 15.6. The van der Waals surface area contributed by atoms with Crippen LogP contribution in [0, 0.1) is 0 Å². The van der Waals surface area contributed by atoms with Crippen molar-refractivity contribution in [2.45, 2.75) is 44.9 Å². The average Bonchev–Trinajstić information content (AvgIpc) is 3.44. The zero-order chi connectivity index (χ0) is 33.5. The molecule has 250 valence electrons. The summed E-state index contributed by atoms with van der Waals surface area (Å²) in [7, 11) is 4.31. The number of amidine groups is 2. The van der Waals surface area contributed by atoms with Gasteiger partial charge in [-0.1, -0.05) is 24.3 Å². The maximum Gasteiger partial charge on any atom is 0.336 e. The largest absolute Gasteiger partial charge is 0.497 e. The van der Waals surface area contributed by atoms with Gasteiger partial charge in [0.15, 0.2) is 11.7 Å². The summed E-state index contributed by atoms with van der Waals surface area (Å²) in [5.74, 6) is 0.377. The van der Waals surface area contributed by atoms with Crippen molar-refractivity contribution in [2.75, 3.05) is 52.8 Å². The lowest BCUT2D eigenvalue weighted by molar-refractivity contribution is -0.137. The fraction of sp³-hybridized carbons (Fsp3) is 0.412. The molecular weight excluding hydrogens is 620 g/mol. The van der Waals surface area contributed by atoms with E-state index in [0.29, 0.717) is 57.9 Å². The molecule has 3 heterocycles. The summed E-state index contributed by atoms with van der Waals surface area (Å²) in [6.45, 7) is 7.18. The third-order valence-corrected chi connectivity index (χ3v) is 9.39. The Bertz CT molecular complexity index is 1620. The van der Waals surface area contributed by atoms with Crippen LogP contribution in [0.1, 0.15) is 56.1 Å². The second-order valence-corrected chi connectivity index (χ2v) is 12.5. The van der Waals surface area contributed by atoms with Gasteiger partial charge < -0.3 is 35.1 Å². The molecule has 0 radical (unpaired) electrons. The highest BCUT2D eigenvalue weighted by molar-refractivity contribution is 7.83. The third-order valence-electron chi connectivity index (χ3n) is 8.71. The minimum Gasteiger partial charge on any atom is -0.497 e. The van der Waals surface area contributed by atoms with Gasteiger partial charge in [0.05, 0.1) is 38.4 Å². The minimum atomic E-state index is -1.75. The highest BCUT2D eigenvalue weighted by Gasteiger charge is 2.37. The van der Waals surface area contributed by atoms with Gasteiger partial charge in [0.1, 0.15) is 5.75 Å². The van der Waals surface area contributed by atoms with Crippen LogP contribution in [0.3, 0.4) is 0 Å². The van der Waals surface area contributed by atoms with Gasteiger partial charge in [-0.05, 0) is 94.1 Å². The molecule has 5 rings (SSSR count). The van der Waals surface area contributed by atoms with E-state index >= 15 is 0 Å². The third kappa shape index (κ3) is 7.91. The fourth-order valence-electron chi connectivity index (χ4n) is 6.38. The van der Waals surface area contributed by atoms with E-state index in [0.717, 1.165) is 44.6 Å². The molecule has 1 saturated heterocycles. The molecule has 2 aromatic carbocycles. The quantitative estimate of drug-likeness (QED) is 0.253. The van der Waals surface area contributed by atoms with Crippen molar-refractivity contribution in [1.29, 1.82) is 0 Å². The molecule has 12 nitrogen and oxygen atoms in total. The van der Waals surface area contributed by atoms with Crippen molar-refractivity contribution in [3.63, 3.8) is 0 Å². The Hall–Kier alpha value is -4.49. The molecule has 1 fully saturated rings. The Morgan fingerprint density at radius 1 is 0.915 bits per heavy atom. The van der Waals surface area contributed by atoms with Gasteiger partial charge in [0, 0.05) is 23.6 Å². The maximum absolute atomic E-state index is 12.9. The number of benzene rings is 2. The van der Waals surface area contributed by atoms with Crippen LogP contribution in [0.15, 0.2) is 79.9 Å². The van der Waals surface area contributed by atoms with E-state index in [9.17, 15) is 13.8 Å². The lowest BCUT2D eigenvalue weighted by atomic mass is 9.80. The summed E-state index contributed by atoms with van der Waals surface area (Å²) in [6.07, 6.45) is 3.10. The zero-order valence-electron chi connectivity index (χ0n) is 27.4. The number of carbonyl (C=O) groups excluding carboxylic acids is 2. The van der Waals surface area contributed by atoms with Crippen molar-refractivity contribution >= 4 is 40.5 Å². The van der Waals surface area contributed by atoms with E-state index in [1.807, 2.05) is 30.3 Å². The first-order chi connectivity index (χ1) is 22.7. The highest BCUT2D eigenvalue weighted by atomic mass is 32.2. The predicted octanol–water partition coefficient (Wildman–Crippen LogP) is 3.94. The Morgan fingerprint density at radius 2 is 1.55 bits per heavy atom. The highest BCUT2D eigenvalue weighted by Crippen LogP contribution is 2.40. The molecule has 0 amide bonds. The van der Waals surface area contributed by atoms with E-state index in [-0.39, 0.29) is 0 Å². The van der Waals surface area contributed by atoms with Gasteiger partial charge in [-0.25, -0.2) is 13.8 Å². The minimum absolute atomic E-state index is 0.309. The fourth-order valence-corrected chi connectivity index (χ4v) is 7.01. The number of esters is 2. The Kier molecular flexibility index (Phi) is 11.1. The number of nitrogens with zero attached hydrogens (tertiary/aromatic N) is 3. The number of carbonyl (C=O) groups is 2. The van der Waals surface area contributed by atoms with E-state index in [4.69, 9.17) is 14.2 Å². The first-order valence-corrected chi connectivity index (χ1v) is 16.7. The topological polar surface area (TPSA) is 143 Å². The van der Waals surface area contributed by atoms with Crippen molar-refractivity contribution in [3.8, 4) is 5.75 Å². The molecule has 0 bridgehead atoms. The van der Waals surface area contributed by atoms with E-state index < -0.39 is 29.0 Å². The monoisotopic (exact) mass is 662 g/mol. The Balaban J connectivity index is 1.20. The first kappa shape index (κ1) is 33.9. The van der Waals surface area contributed by atoms with Gasteiger partial charge in [0.2, 0.25) is 0 Å². The standard InChI is InChI=1S/C34H42N6O6S/c1-21-28(33(41)45-4)30(29(22(2)36-21)34(42)46-5)25-10-6-11-26(19-25)37-32-31(38-47(43)39-32)35-15-8-16-40-17-13-23(14-18-40)24-9-7-12-27(20-24)44-3/h6-7,9-12,19-20,23,30,36H,8,13-18H2,1-5H3,(H,35,38)(H,37,39). The number of likely N-dealkylation sites (tertiary alicyclic amines) is 1. The summed E-state index contributed by atoms with van der Waals surface area (Å²) < 4.78 is 36.2. The van der Waals surface area contributed by atoms with Crippen LogP contribution in [0.2, 0.25) is 0 Å². The molecule has 0 aliphatic carbocycles. The van der Waals surface area contributed by atoms with Crippen LogP contribution in [0.4, 0.5) is 5.69 Å². The van der Waals surface area contributed by atoms with E-state index in [1.54, 1.807) is 21.0 Å². The first-order valence-electron chi connectivity index (χ1n) is 15.6.